The summed E-state index contributed by atoms with van der Waals surface area (Å²) in [6.45, 7) is 2.65. The molecule has 3 rings (SSSR count). The lowest BCUT2D eigenvalue weighted by molar-refractivity contribution is -0.136. The minimum absolute atomic E-state index is 0.0699. The van der Waals surface area contributed by atoms with Crippen LogP contribution in [-0.2, 0) is 9.59 Å². The van der Waals surface area contributed by atoms with E-state index in [0.29, 0.717) is 18.7 Å². The van der Waals surface area contributed by atoms with Gasteiger partial charge in [-0.15, -0.1) is 0 Å². The molecule has 126 valence electrons. The Hall–Kier alpha value is -2.63. The molecule has 6 heteroatoms. The van der Waals surface area contributed by atoms with Crippen LogP contribution in [0.5, 0.6) is 0 Å². The third-order valence-electron chi connectivity index (χ3n) is 4.22. The van der Waals surface area contributed by atoms with Crippen molar-refractivity contribution < 1.29 is 9.59 Å². The molecule has 1 saturated heterocycles. The Balaban J connectivity index is 1.70. The van der Waals surface area contributed by atoms with E-state index in [2.05, 4.69) is 10.4 Å². The zero-order valence-corrected chi connectivity index (χ0v) is 13.8. The number of carbonyl (C=O) groups excluding carboxylic acids is 2. The highest BCUT2D eigenvalue weighted by Crippen LogP contribution is 2.21. The van der Waals surface area contributed by atoms with Gasteiger partial charge in [0.2, 0.25) is 11.8 Å². The molecule has 1 atom stereocenters. The van der Waals surface area contributed by atoms with Crippen molar-refractivity contribution in [2.24, 2.45) is 0 Å². The van der Waals surface area contributed by atoms with E-state index in [4.69, 9.17) is 0 Å². The van der Waals surface area contributed by atoms with Crippen molar-refractivity contribution in [1.29, 1.82) is 0 Å². The summed E-state index contributed by atoms with van der Waals surface area (Å²) in [5.74, 6) is -0.0463. The molecular formula is C18H22N4O2. The molecule has 0 bridgehead atoms. The highest BCUT2D eigenvalue weighted by molar-refractivity contribution is 5.97. The second-order valence-electron chi connectivity index (χ2n) is 5.99. The summed E-state index contributed by atoms with van der Waals surface area (Å²) in [4.78, 5) is 26.5. The van der Waals surface area contributed by atoms with E-state index < -0.39 is 0 Å². The van der Waals surface area contributed by atoms with Crippen LogP contribution in [0.2, 0.25) is 0 Å². The lowest BCUT2D eigenvalue weighted by Gasteiger charge is -2.24. The summed E-state index contributed by atoms with van der Waals surface area (Å²) in [7, 11) is 0. The molecule has 1 aliphatic heterocycles. The molecule has 0 unspecified atom stereocenters. The molecule has 1 fully saturated rings. The lowest BCUT2D eigenvalue weighted by Crippen LogP contribution is -2.43. The van der Waals surface area contributed by atoms with Crippen molar-refractivity contribution in [2.45, 2.75) is 38.6 Å². The summed E-state index contributed by atoms with van der Waals surface area (Å²) in [5.41, 5.74) is 1.59. The molecule has 1 aliphatic rings. The second kappa shape index (κ2) is 7.29. The van der Waals surface area contributed by atoms with Crippen LogP contribution < -0.4 is 5.32 Å². The highest BCUT2D eigenvalue weighted by Gasteiger charge is 2.33. The van der Waals surface area contributed by atoms with Gasteiger partial charge in [-0.05, 0) is 43.5 Å². The van der Waals surface area contributed by atoms with Gasteiger partial charge in [-0.3, -0.25) is 9.59 Å². The first-order valence-electron chi connectivity index (χ1n) is 8.39. The van der Waals surface area contributed by atoms with Gasteiger partial charge in [0.05, 0.1) is 5.69 Å². The molecule has 1 N–H and O–H groups in total. The summed E-state index contributed by atoms with van der Waals surface area (Å²) in [6.07, 6.45) is 6.46. The Bertz CT molecular complexity index is 712. The van der Waals surface area contributed by atoms with E-state index in [9.17, 15) is 9.59 Å². The van der Waals surface area contributed by atoms with Crippen molar-refractivity contribution >= 4 is 17.5 Å². The van der Waals surface area contributed by atoms with Gasteiger partial charge in [-0.25, -0.2) is 4.68 Å². The first-order valence-corrected chi connectivity index (χ1v) is 8.39. The molecule has 2 heterocycles. The number of hydrogen-bond acceptors (Lipinski definition) is 3. The molecule has 2 amide bonds. The molecule has 1 aromatic carbocycles. The fraction of sp³-hybridized carbons (Fsp3) is 0.389. The molecule has 0 radical (unpaired) electrons. The number of hydrogen-bond donors (Lipinski definition) is 1. The van der Waals surface area contributed by atoms with Crippen LogP contribution in [0.1, 0.15) is 32.6 Å². The number of aromatic nitrogens is 2. The van der Waals surface area contributed by atoms with Gasteiger partial charge in [0, 0.05) is 31.0 Å². The normalized spacial score (nSPS) is 17.0. The number of likely N-dealkylation sites (tertiary alicyclic amines) is 1. The van der Waals surface area contributed by atoms with Crippen LogP contribution in [0.25, 0.3) is 5.69 Å². The van der Waals surface area contributed by atoms with Gasteiger partial charge >= 0.3 is 0 Å². The van der Waals surface area contributed by atoms with E-state index in [1.54, 1.807) is 15.8 Å². The maximum Gasteiger partial charge on any atom is 0.247 e. The predicted molar refractivity (Wildman–Crippen MR) is 91.8 cm³/mol. The van der Waals surface area contributed by atoms with Crippen LogP contribution in [0, 0.1) is 0 Å². The van der Waals surface area contributed by atoms with Crippen molar-refractivity contribution in [3.05, 3.63) is 42.7 Å². The molecule has 1 aromatic heterocycles. The fourth-order valence-corrected chi connectivity index (χ4v) is 3.07. The van der Waals surface area contributed by atoms with Crippen LogP contribution >= 0.6 is 0 Å². The number of anilines is 1. The molecular weight excluding hydrogens is 304 g/mol. The average molecular weight is 326 g/mol. The van der Waals surface area contributed by atoms with Gasteiger partial charge in [-0.1, -0.05) is 13.0 Å². The molecule has 0 saturated carbocycles. The number of nitrogens with zero attached hydrogens (tertiary/aromatic N) is 3. The van der Waals surface area contributed by atoms with Crippen molar-refractivity contribution in [3.8, 4) is 5.69 Å². The summed E-state index contributed by atoms with van der Waals surface area (Å²) in [5, 5.41) is 7.13. The van der Waals surface area contributed by atoms with Crippen LogP contribution in [0.3, 0.4) is 0 Å². The van der Waals surface area contributed by atoms with Gasteiger partial charge in [0.15, 0.2) is 0 Å². The Morgan fingerprint density at radius 1 is 1.33 bits per heavy atom. The van der Waals surface area contributed by atoms with Gasteiger partial charge < -0.3 is 10.2 Å². The van der Waals surface area contributed by atoms with E-state index in [1.165, 1.54) is 0 Å². The number of nitrogens with one attached hydrogen (secondary N) is 1. The van der Waals surface area contributed by atoms with Crippen molar-refractivity contribution in [3.63, 3.8) is 0 Å². The largest absolute Gasteiger partial charge is 0.331 e. The third-order valence-corrected chi connectivity index (χ3v) is 4.22. The molecule has 6 nitrogen and oxygen atoms in total. The highest BCUT2D eigenvalue weighted by atomic mass is 16.2. The topological polar surface area (TPSA) is 67.2 Å². The smallest absolute Gasteiger partial charge is 0.247 e. The average Bonchev–Trinajstić information content (AvgIpc) is 3.27. The zero-order chi connectivity index (χ0) is 16.9. The predicted octanol–water partition coefficient (Wildman–Crippen LogP) is 2.60. The van der Waals surface area contributed by atoms with Gasteiger partial charge in [-0.2, -0.15) is 5.10 Å². The fourth-order valence-electron chi connectivity index (χ4n) is 3.07. The number of rotatable bonds is 5. The summed E-state index contributed by atoms with van der Waals surface area (Å²) >= 11 is 0. The van der Waals surface area contributed by atoms with Gasteiger partial charge in [0.25, 0.3) is 0 Å². The van der Waals surface area contributed by atoms with Crippen LogP contribution in [0.4, 0.5) is 5.69 Å². The lowest BCUT2D eigenvalue weighted by atomic mass is 10.2. The van der Waals surface area contributed by atoms with E-state index in [0.717, 1.165) is 24.9 Å². The number of carbonyl (C=O) groups is 2. The zero-order valence-electron chi connectivity index (χ0n) is 13.8. The molecule has 24 heavy (non-hydrogen) atoms. The maximum atomic E-state index is 12.6. The molecule has 0 aliphatic carbocycles. The first-order chi connectivity index (χ1) is 11.7. The van der Waals surface area contributed by atoms with Crippen molar-refractivity contribution in [1.82, 2.24) is 14.7 Å². The Morgan fingerprint density at radius 2 is 2.21 bits per heavy atom. The quantitative estimate of drug-likeness (QED) is 0.918. The second-order valence-corrected chi connectivity index (χ2v) is 5.99. The standard InChI is InChI=1S/C18H22N4O2/c1-2-6-17(23)21-11-4-9-16(21)18(24)20-14-7-3-8-15(13-14)22-12-5-10-19-22/h3,5,7-8,10,12-13,16H,2,4,6,9,11H2,1H3,(H,20,24)/t16-/m0/s1. The monoisotopic (exact) mass is 326 g/mol. The maximum absolute atomic E-state index is 12.6. The Morgan fingerprint density at radius 3 is 2.96 bits per heavy atom. The SMILES string of the molecule is CCCC(=O)N1CCC[C@H]1C(=O)Nc1cccc(-n2cccn2)c1. The van der Waals surface area contributed by atoms with Crippen molar-refractivity contribution in [2.75, 3.05) is 11.9 Å². The van der Waals surface area contributed by atoms with Crippen LogP contribution in [-0.4, -0.2) is 39.1 Å². The number of benzene rings is 1. The molecule has 0 spiro atoms. The number of amides is 2. The summed E-state index contributed by atoms with van der Waals surface area (Å²) < 4.78 is 1.74. The third kappa shape index (κ3) is 3.48. The van der Waals surface area contributed by atoms with Crippen LogP contribution in [0.15, 0.2) is 42.7 Å². The van der Waals surface area contributed by atoms with E-state index in [1.807, 2.05) is 43.5 Å². The van der Waals surface area contributed by atoms with E-state index in [-0.39, 0.29) is 17.9 Å². The Kier molecular flexibility index (Phi) is 4.93. The van der Waals surface area contributed by atoms with E-state index >= 15 is 0 Å². The van der Waals surface area contributed by atoms with Gasteiger partial charge in [0.1, 0.15) is 6.04 Å². The minimum atomic E-state index is -0.364. The Labute approximate surface area is 141 Å². The minimum Gasteiger partial charge on any atom is -0.331 e. The molecule has 2 aromatic rings. The first kappa shape index (κ1) is 16.2. The summed E-state index contributed by atoms with van der Waals surface area (Å²) in [6, 6.07) is 9.01.